The van der Waals surface area contributed by atoms with E-state index in [2.05, 4.69) is 31.4 Å². The maximum atomic E-state index is 13.2. The molecule has 2 rings (SSSR count). The SMILES string of the molecule is Cc1[nH]ncc1CNC(=O)c1cc(N)c(F)cc1Br. The molecule has 0 saturated heterocycles. The number of nitrogens with zero attached hydrogens (tertiary/aromatic N) is 1. The number of halogens is 2. The normalized spacial score (nSPS) is 10.5. The van der Waals surface area contributed by atoms with E-state index in [0.29, 0.717) is 16.6 Å². The molecule has 0 aliphatic carbocycles. The molecule has 0 saturated carbocycles. The Morgan fingerprint density at radius 3 is 2.95 bits per heavy atom. The Hall–Kier alpha value is -1.89. The van der Waals surface area contributed by atoms with Crippen molar-refractivity contribution in [3.05, 3.63) is 45.4 Å². The van der Waals surface area contributed by atoms with Crippen LogP contribution in [0.3, 0.4) is 0 Å². The number of nitrogen functional groups attached to an aromatic ring is 1. The van der Waals surface area contributed by atoms with Crippen molar-refractivity contribution in [2.45, 2.75) is 13.5 Å². The third kappa shape index (κ3) is 2.93. The van der Waals surface area contributed by atoms with Crippen molar-refractivity contribution in [2.75, 3.05) is 5.73 Å². The minimum Gasteiger partial charge on any atom is -0.396 e. The number of carbonyl (C=O) groups excluding carboxylic acids is 1. The monoisotopic (exact) mass is 326 g/mol. The standard InChI is InChI=1S/C12H12BrFN4O/c1-6-7(5-17-18-6)4-16-12(19)8-2-11(15)10(14)3-9(8)13/h2-3,5H,4,15H2,1H3,(H,16,19)(H,17,18). The maximum Gasteiger partial charge on any atom is 0.252 e. The zero-order chi connectivity index (χ0) is 14.0. The van der Waals surface area contributed by atoms with Crippen LogP contribution in [-0.2, 0) is 6.54 Å². The van der Waals surface area contributed by atoms with Crippen LogP contribution in [-0.4, -0.2) is 16.1 Å². The van der Waals surface area contributed by atoms with Gasteiger partial charge in [0, 0.05) is 22.3 Å². The summed E-state index contributed by atoms with van der Waals surface area (Å²) in [5, 5.41) is 9.36. The number of H-pyrrole nitrogens is 1. The fourth-order valence-corrected chi connectivity index (χ4v) is 2.06. The first-order chi connectivity index (χ1) is 8.99. The number of nitrogens with one attached hydrogen (secondary N) is 2. The van der Waals surface area contributed by atoms with Crippen LogP contribution in [0.5, 0.6) is 0 Å². The number of carbonyl (C=O) groups is 1. The summed E-state index contributed by atoms with van der Waals surface area (Å²) < 4.78 is 13.5. The summed E-state index contributed by atoms with van der Waals surface area (Å²) in [5.41, 5.74) is 7.46. The Kier molecular flexibility index (Phi) is 3.84. The van der Waals surface area contributed by atoms with Gasteiger partial charge in [0.15, 0.2) is 0 Å². The van der Waals surface area contributed by atoms with Gasteiger partial charge in [-0.05, 0) is 35.0 Å². The van der Waals surface area contributed by atoms with E-state index < -0.39 is 5.82 Å². The quantitative estimate of drug-likeness (QED) is 0.755. The van der Waals surface area contributed by atoms with Crippen molar-refractivity contribution in [3.63, 3.8) is 0 Å². The van der Waals surface area contributed by atoms with E-state index in [-0.39, 0.29) is 11.6 Å². The van der Waals surface area contributed by atoms with E-state index >= 15 is 0 Å². The summed E-state index contributed by atoms with van der Waals surface area (Å²) in [4.78, 5) is 12.0. The average Bonchev–Trinajstić information content (AvgIpc) is 2.76. The van der Waals surface area contributed by atoms with Crippen molar-refractivity contribution in [2.24, 2.45) is 0 Å². The molecule has 0 aliphatic rings. The Labute approximate surface area is 117 Å². The van der Waals surface area contributed by atoms with Crippen LogP contribution < -0.4 is 11.1 Å². The molecule has 0 fully saturated rings. The number of hydrogen-bond donors (Lipinski definition) is 3. The minimum atomic E-state index is -0.561. The molecule has 0 atom stereocenters. The summed E-state index contributed by atoms with van der Waals surface area (Å²) in [6.45, 7) is 2.20. The molecule has 1 aromatic carbocycles. The van der Waals surface area contributed by atoms with Gasteiger partial charge in [-0.3, -0.25) is 9.89 Å². The highest BCUT2D eigenvalue weighted by atomic mass is 79.9. The van der Waals surface area contributed by atoms with Crippen LogP contribution in [0.15, 0.2) is 22.8 Å². The first-order valence-electron chi connectivity index (χ1n) is 5.50. The van der Waals surface area contributed by atoms with Gasteiger partial charge in [0.05, 0.1) is 17.4 Å². The maximum absolute atomic E-state index is 13.2. The molecule has 0 unspecified atom stereocenters. The second-order valence-electron chi connectivity index (χ2n) is 4.06. The molecule has 2 aromatic rings. The summed E-state index contributed by atoms with van der Waals surface area (Å²) >= 11 is 3.14. The average molecular weight is 327 g/mol. The molecule has 1 heterocycles. The van der Waals surface area contributed by atoms with Crippen molar-refractivity contribution in [3.8, 4) is 0 Å². The van der Waals surface area contributed by atoms with Gasteiger partial charge in [-0.2, -0.15) is 5.10 Å². The van der Waals surface area contributed by atoms with Gasteiger partial charge in [0.2, 0.25) is 0 Å². The smallest absolute Gasteiger partial charge is 0.252 e. The van der Waals surface area contributed by atoms with Crippen LogP contribution in [0.4, 0.5) is 10.1 Å². The highest BCUT2D eigenvalue weighted by Crippen LogP contribution is 2.22. The second kappa shape index (κ2) is 5.40. The van der Waals surface area contributed by atoms with Crippen LogP contribution >= 0.6 is 15.9 Å². The summed E-state index contributed by atoms with van der Waals surface area (Å²) in [6, 6.07) is 2.48. The largest absolute Gasteiger partial charge is 0.396 e. The van der Waals surface area contributed by atoms with Crippen LogP contribution in [0.25, 0.3) is 0 Å². The van der Waals surface area contributed by atoms with Gasteiger partial charge in [0.25, 0.3) is 5.91 Å². The number of nitrogens with two attached hydrogens (primary N) is 1. The molecule has 19 heavy (non-hydrogen) atoms. The lowest BCUT2D eigenvalue weighted by atomic mass is 10.1. The topological polar surface area (TPSA) is 83.8 Å². The van der Waals surface area contributed by atoms with Gasteiger partial charge in [-0.25, -0.2) is 4.39 Å². The number of aryl methyl sites for hydroxylation is 1. The molecular formula is C12H12BrFN4O. The third-order valence-corrected chi connectivity index (χ3v) is 3.36. The van der Waals surface area contributed by atoms with Crippen molar-refractivity contribution < 1.29 is 9.18 Å². The van der Waals surface area contributed by atoms with Crippen molar-refractivity contribution in [1.82, 2.24) is 15.5 Å². The summed E-state index contributed by atoms with van der Waals surface area (Å²) in [7, 11) is 0. The fraction of sp³-hybridized carbons (Fsp3) is 0.167. The number of anilines is 1. The number of aromatic amines is 1. The molecule has 1 amide bonds. The lowest BCUT2D eigenvalue weighted by molar-refractivity contribution is 0.0950. The first-order valence-corrected chi connectivity index (χ1v) is 6.30. The van der Waals surface area contributed by atoms with E-state index in [1.807, 2.05) is 6.92 Å². The molecule has 4 N–H and O–H groups in total. The van der Waals surface area contributed by atoms with Gasteiger partial charge in [-0.1, -0.05) is 0 Å². The van der Waals surface area contributed by atoms with E-state index in [4.69, 9.17) is 5.73 Å². The summed E-state index contributed by atoms with van der Waals surface area (Å²) in [6.07, 6.45) is 1.64. The van der Waals surface area contributed by atoms with Gasteiger partial charge < -0.3 is 11.1 Å². The molecule has 7 heteroatoms. The lowest BCUT2D eigenvalue weighted by Gasteiger charge is -2.08. The van der Waals surface area contributed by atoms with Gasteiger partial charge in [-0.15, -0.1) is 0 Å². The Bertz CT molecular complexity index is 626. The molecular weight excluding hydrogens is 315 g/mol. The third-order valence-electron chi connectivity index (χ3n) is 2.70. The van der Waals surface area contributed by atoms with E-state index in [9.17, 15) is 9.18 Å². The molecule has 100 valence electrons. The summed E-state index contributed by atoms with van der Waals surface area (Å²) in [5.74, 6) is -0.895. The predicted molar refractivity (Wildman–Crippen MR) is 73.0 cm³/mol. The van der Waals surface area contributed by atoms with Crippen molar-refractivity contribution in [1.29, 1.82) is 0 Å². The van der Waals surface area contributed by atoms with E-state index in [0.717, 1.165) is 11.3 Å². The molecule has 0 radical (unpaired) electrons. The number of rotatable bonds is 3. The molecule has 1 aromatic heterocycles. The van der Waals surface area contributed by atoms with Gasteiger partial charge in [0.1, 0.15) is 5.82 Å². The van der Waals surface area contributed by atoms with Crippen molar-refractivity contribution >= 4 is 27.5 Å². The Morgan fingerprint density at radius 2 is 2.32 bits per heavy atom. The predicted octanol–water partition coefficient (Wildman–Crippen LogP) is 2.13. The molecule has 0 bridgehead atoms. The van der Waals surface area contributed by atoms with E-state index in [1.165, 1.54) is 12.1 Å². The second-order valence-corrected chi connectivity index (χ2v) is 4.91. The van der Waals surface area contributed by atoms with Crippen LogP contribution in [0, 0.1) is 12.7 Å². The zero-order valence-corrected chi connectivity index (χ0v) is 11.7. The fourth-order valence-electron chi connectivity index (χ4n) is 1.56. The lowest BCUT2D eigenvalue weighted by Crippen LogP contribution is -2.23. The van der Waals surface area contributed by atoms with E-state index in [1.54, 1.807) is 6.20 Å². The van der Waals surface area contributed by atoms with Gasteiger partial charge >= 0.3 is 0 Å². The Balaban J connectivity index is 2.12. The minimum absolute atomic E-state index is 0.0622. The zero-order valence-electron chi connectivity index (χ0n) is 10.1. The number of benzene rings is 1. The highest BCUT2D eigenvalue weighted by Gasteiger charge is 2.13. The number of amides is 1. The van der Waals surface area contributed by atoms with Crippen LogP contribution in [0.1, 0.15) is 21.6 Å². The first kappa shape index (κ1) is 13.5. The number of aromatic nitrogens is 2. The Morgan fingerprint density at radius 1 is 1.58 bits per heavy atom. The van der Waals surface area contributed by atoms with Crippen LogP contribution in [0.2, 0.25) is 0 Å². The molecule has 5 nitrogen and oxygen atoms in total. The molecule has 0 spiro atoms. The highest BCUT2D eigenvalue weighted by molar-refractivity contribution is 9.10. The molecule has 0 aliphatic heterocycles. The number of hydrogen-bond acceptors (Lipinski definition) is 3.